The largest absolute Gasteiger partial charge is 0.422 e. The van der Waals surface area contributed by atoms with E-state index in [2.05, 4.69) is 6.58 Å². The van der Waals surface area contributed by atoms with Crippen molar-refractivity contribution >= 4 is 5.97 Å². The molecule has 0 fully saturated rings. The molecule has 1 atom stereocenters. The van der Waals surface area contributed by atoms with Crippen molar-refractivity contribution in [2.45, 2.75) is 19.7 Å². The van der Waals surface area contributed by atoms with Gasteiger partial charge in [0.05, 0.1) is 39.5 Å². The van der Waals surface area contributed by atoms with Crippen LogP contribution in [0, 0.1) is 0 Å². The second-order valence-corrected chi connectivity index (χ2v) is 4.90. The SMILES string of the molecule is C=CCN1C=CN(CC)C1OC(=O)CCOCCOCCOC. The minimum absolute atomic E-state index is 0.216. The van der Waals surface area contributed by atoms with Gasteiger partial charge >= 0.3 is 5.97 Å². The molecule has 1 aliphatic rings. The lowest BCUT2D eigenvalue weighted by Crippen LogP contribution is -2.42. The van der Waals surface area contributed by atoms with Crippen molar-refractivity contribution in [1.82, 2.24) is 9.80 Å². The maximum absolute atomic E-state index is 11.9. The lowest BCUT2D eigenvalue weighted by Gasteiger charge is -2.30. The molecule has 1 aliphatic heterocycles. The van der Waals surface area contributed by atoms with Crippen LogP contribution in [0.15, 0.2) is 25.1 Å². The third-order valence-electron chi connectivity index (χ3n) is 3.21. The van der Waals surface area contributed by atoms with Gasteiger partial charge in [0.25, 0.3) is 6.35 Å². The normalized spacial score (nSPS) is 16.9. The van der Waals surface area contributed by atoms with Crippen molar-refractivity contribution in [3.63, 3.8) is 0 Å². The Labute approximate surface area is 138 Å². The monoisotopic (exact) mass is 328 g/mol. The highest BCUT2D eigenvalue weighted by Crippen LogP contribution is 2.17. The van der Waals surface area contributed by atoms with Crippen molar-refractivity contribution in [3.8, 4) is 0 Å². The van der Waals surface area contributed by atoms with Gasteiger partial charge in [-0.3, -0.25) is 4.79 Å². The molecule has 7 heteroatoms. The quantitative estimate of drug-likeness (QED) is 0.286. The van der Waals surface area contributed by atoms with E-state index >= 15 is 0 Å². The number of carbonyl (C=O) groups excluding carboxylic acids is 1. The standard InChI is InChI=1S/C16H28N2O5/c1-4-7-18-9-8-17(5-2)16(18)23-15(19)6-10-21-13-14-22-12-11-20-3/h4,8-9,16H,1,5-7,10-14H2,2-3H3. The topological polar surface area (TPSA) is 60.5 Å². The number of hydrogen-bond acceptors (Lipinski definition) is 7. The average molecular weight is 328 g/mol. The predicted molar refractivity (Wildman–Crippen MR) is 86.4 cm³/mol. The zero-order valence-corrected chi connectivity index (χ0v) is 14.1. The van der Waals surface area contributed by atoms with Crippen LogP contribution in [0.4, 0.5) is 0 Å². The molecule has 0 aromatic heterocycles. The summed E-state index contributed by atoms with van der Waals surface area (Å²) >= 11 is 0. The van der Waals surface area contributed by atoms with E-state index in [1.165, 1.54) is 0 Å². The number of ether oxygens (including phenoxy) is 4. The fourth-order valence-electron chi connectivity index (χ4n) is 2.00. The van der Waals surface area contributed by atoms with Gasteiger partial charge < -0.3 is 28.7 Å². The van der Waals surface area contributed by atoms with Crippen LogP contribution in [-0.4, -0.2) is 75.4 Å². The highest BCUT2D eigenvalue weighted by molar-refractivity contribution is 5.69. The summed E-state index contributed by atoms with van der Waals surface area (Å²) in [6, 6.07) is 0. The van der Waals surface area contributed by atoms with Crippen LogP contribution in [0.5, 0.6) is 0 Å². The highest BCUT2D eigenvalue weighted by atomic mass is 16.6. The molecule has 132 valence electrons. The first kappa shape index (κ1) is 19.5. The predicted octanol–water partition coefficient (Wildman–Crippen LogP) is 1.18. The molecule has 0 saturated heterocycles. The maximum Gasteiger partial charge on any atom is 0.311 e. The minimum Gasteiger partial charge on any atom is -0.422 e. The van der Waals surface area contributed by atoms with E-state index in [0.717, 1.165) is 6.54 Å². The molecule has 0 aliphatic carbocycles. The summed E-state index contributed by atoms with van der Waals surface area (Å²) in [5.41, 5.74) is 0. The van der Waals surface area contributed by atoms with E-state index in [4.69, 9.17) is 18.9 Å². The Morgan fingerprint density at radius 3 is 2.43 bits per heavy atom. The first-order valence-corrected chi connectivity index (χ1v) is 7.87. The summed E-state index contributed by atoms with van der Waals surface area (Å²) in [6.45, 7) is 9.47. The maximum atomic E-state index is 11.9. The fourth-order valence-corrected chi connectivity index (χ4v) is 2.00. The molecule has 1 rings (SSSR count). The molecule has 0 bridgehead atoms. The number of esters is 1. The Morgan fingerprint density at radius 1 is 1.13 bits per heavy atom. The van der Waals surface area contributed by atoms with Gasteiger partial charge in [0, 0.05) is 32.6 Å². The molecule has 1 heterocycles. The summed E-state index contributed by atoms with van der Waals surface area (Å²) in [5, 5.41) is 0. The molecule has 1 unspecified atom stereocenters. The van der Waals surface area contributed by atoms with Gasteiger partial charge in [-0.15, -0.1) is 6.58 Å². The molecule has 0 spiro atoms. The molecule has 0 aromatic carbocycles. The van der Waals surface area contributed by atoms with Crippen molar-refractivity contribution in [1.29, 1.82) is 0 Å². The van der Waals surface area contributed by atoms with E-state index < -0.39 is 6.35 Å². The summed E-state index contributed by atoms with van der Waals surface area (Å²) < 4.78 is 21.0. The Balaban J connectivity index is 2.16. The van der Waals surface area contributed by atoms with Gasteiger partial charge in [0.1, 0.15) is 0 Å². The van der Waals surface area contributed by atoms with Gasteiger partial charge in [-0.05, 0) is 6.92 Å². The zero-order chi connectivity index (χ0) is 16.9. The van der Waals surface area contributed by atoms with E-state index in [1.54, 1.807) is 13.2 Å². The summed E-state index contributed by atoms with van der Waals surface area (Å²) in [7, 11) is 1.63. The van der Waals surface area contributed by atoms with Crippen LogP contribution in [0.25, 0.3) is 0 Å². The van der Waals surface area contributed by atoms with Crippen molar-refractivity contribution < 1.29 is 23.7 Å². The Morgan fingerprint density at radius 2 is 1.78 bits per heavy atom. The number of methoxy groups -OCH3 is 1. The van der Waals surface area contributed by atoms with Crippen LogP contribution >= 0.6 is 0 Å². The number of rotatable bonds is 13. The van der Waals surface area contributed by atoms with Gasteiger partial charge in [-0.2, -0.15) is 0 Å². The van der Waals surface area contributed by atoms with E-state index in [-0.39, 0.29) is 12.4 Å². The second kappa shape index (κ2) is 11.9. The molecule has 0 aromatic rings. The first-order chi connectivity index (χ1) is 11.2. The van der Waals surface area contributed by atoms with Crippen molar-refractivity contribution in [2.24, 2.45) is 0 Å². The second-order valence-electron chi connectivity index (χ2n) is 4.90. The van der Waals surface area contributed by atoms with Crippen LogP contribution in [-0.2, 0) is 23.7 Å². The van der Waals surface area contributed by atoms with Gasteiger partial charge in [-0.1, -0.05) is 6.08 Å². The highest BCUT2D eigenvalue weighted by Gasteiger charge is 2.27. The minimum atomic E-state index is -0.400. The molecule has 0 radical (unpaired) electrons. The molecular weight excluding hydrogens is 300 g/mol. The number of carbonyl (C=O) groups is 1. The lowest BCUT2D eigenvalue weighted by molar-refractivity contribution is -0.168. The van der Waals surface area contributed by atoms with Crippen LogP contribution in [0.2, 0.25) is 0 Å². The van der Waals surface area contributed by atoms with Crippen LogP contribution in [0.3, 0.4) is 0 Å². The fraction of sp³-hybridized carbons (Fsp3) is 0.688. The van der Waals surface area contributed by atoms with Crippen LogP contribution in [0.1, 0.15) is 13.3 Å². The molecule has 23 heavy (non-hydrogen) atoms. The lowest BCUT2D eigenvalue weighted by atomic mass is 10.4. The molecular formula is C16H28N2O5. The average Bonchev–Trinajstić information content (AvgIpc) is 2.92. The van der Waals surface area contributed by atoms with Gasteiger partial charge in [-0.25, -0.2) is 0 Å². The Bertz CT molecular complexity index is 375. The van der Waals surface area contributed by atoms with Crippen LogP contribution < -0.4 is 0 Å². The molecule has 0 saturated carbocycles. The number of nitrogens with zero attached hydrogens (tertiary/aromatic N) is 2. The first-order valence-electron chi connectivity index (χ1n) is 7.87. The summed E-state index contributed by atoms with van der Waals surface area (Å²) in [6.07, 6.45) is 5.40. The van der Waals surface area contributed by atoms with E-state index in [9.17, 15) is 4.79 Å². The summed E-state index contributed by atoms with van der Waals surface area (Å²) in [5.74, 6) is -0.286. The third kappa shape index (κ3) is 7.49. The Kier molecular flexibility index (Phi) is 10.1. The molecule has 0 N–H and O–H groups in total. The smallest absolute Gasteiger partial charge is 0.311 e. The van der Waals surface area contributed by atoms with Gasteiger partial charge in [0.2, 0.25) is 0 Å². The van der Waals surface area contributed by atoms with Crippen molar-refractivity contribution in [2.75, 3.05) is 53.2 Å². The number of hydrogen-bond donors (Lipinski definition) is 0. The van der Waals surface area contributed by atoms with E-state index in [1.807, 2.05) is 29.1 Å². The third-order valence-corrected chi connectivity index (χ3v) is 3.21. The van der Waals surface area contributed by atoms with Gasteiger partial charge in [0.15, 0.2) is 0 Å². The van der Waals surface area contributed by atoms with Crippen molar-refractivity contribution in [3.05, 3.63) is 25.1 Å². The molecule has 0 amide bonds. The summed E-state index contributed by atoms with van der Waals surface area (Å²) in [4.78, 5) is 15.8. The Hall–Kier alpha value is -1.57. The van der Waals surface area contributed by atoms with E-state index in [0.29, 0.717) is 39.6 Å². The molecule has 7 nitrogen and oxygen atoms in total. The zero-order valence-electron chi connectivity index (χ0n) is 14.1.